The van der Waals surface area contributed by atoms with Gasteiger partial charge in [-0.05, 0) is 19.5 Å². The van der Waals surface area contributed by atoms with Crippen molar-refractivity contribution in [2.75, 3.05) is 18.9 Å². The van der Waals surface area contributed by atoms with Crippen LogP contribution in [0.3, 0.4) is 0 Å². The number of nitrogens with one attached hydrogen (secondary N) is 2. The number of nitro groups is 1. The molecule has 6 nitrogen and oxygen atoms in total. The van der Waals surface area contributed by atoms with Gasteiger partial charge in [0.05, 0.1) is 10.6 Å². The van der Waals surface area contributed by atoms with Crippen molar-refractivity contribution in [1.82, 2.24) is 5.32 Å². The van der Waals surface area contributed by atoms with Gasteiger partial charge >= 0.3 is 0 Å². The molecule has 0 fully saturated rings. The van der Waals surface area contributed by atoms with E-state index < -0.39 is 4.92 Å². The molecule has 1 aromatic carbocycles. The smallest absolute Gasteiger partial charge is 0.271 e. The number of carbonyl (C=O) groups excluding carboxylic acids is 1. The third-order valence-corrected chi connectivity index (χ3v) is 2.31. The minimum atomic E-state index is -0.483. The largest absolute Gasteiger partial charge is 0.326 e. The van der Waals surface area contributed by atoms with Crippen molar-refractivity contribution in [3.05, 3.63) is 33.9 Å². The maximum absolute atomic E-state index is 11.5. The molecule has 0 atom stereocenters. The Morgan fingerprint density at radius 1 is 1.44 bits per heavy atom. The number of carbonyl (C=O) groups is 1. The fraction of sp³-hybridized carbons (Fsp3) is 0.364. The van der Waals surface area contributed by atoms with E-state index in [0.717, 1.165) is 5.56 Å². The van der Waals surface area contributed by atoms with E-state index in [-0.39, 0.29) is 24.0 Å². The molecule has 0 saturated heterocycles. The van der Waals surface area contributed by atoms with Gasteiger partial charge in [-0.1, -0.05) is 6.07 Å². The number of nitrogens with zero attached hydrogens (tertiary/aromatic N) is 1. The highest BCUT2D eigenvalue weighted by Crippen LogP contribution is 2.21. The monoisotopic (exact) mass is 273 g/mol. The molecule has 7 heteroatoms. The number of hydrogen-bond acceptors (Lipinski definition) is 4. The molecular formula is C11H16ClN3O3. The van der Waals surface area contributed by atoms with Crippen LogP contribution in [-0.2, 0) is 4.79 Å². The summed E-state index contributed by atoms with van der Waals surface area (Å²) in [6, 6.07) is 4.40. The molecule has 0 saturated carbocycles. The number of benzene rings is 1. The Balaban J connectivity index is 0.00000289. The Kier molecular flexibility index (Phi) is 6.92. The van der Waals surface area contributed by atoms with Crippen molar-refractivity contribution in [2.24, 2.45) is 0 Å². The lowest BCUT2D eigenvalue weighted by molar-refractivity contribution is -0.384. The Morgan fingerprint density at radius 2 is 2.11 bits per heavy atom. The first-order chi connectivity index (χ1) is 8.04. The summed E-state index contributed by atoms with van der Waals surface area (Å²) in [6.45, 7) is 2.36. The van der Waals surface area contributed by atoms with E-state index >= 15 is 0 Å². The van der Waals surface area contributed by atoms with E-state index in [4.69, 9.17) is 0 Å². The van der Waals surface area contributed by atoms with E-state index in [1.165, 1.54) is 12.1 Å². The number of amides is 1. The summed E-state index contributed by atoms with van der Waals surface area (Å²) in [7, 11) is 1.76. The van der Waals surface area contributed by atoms with Gasteiger partial charge in [0.15, 0.2) is 0 Å². The van der Waals surface area contributed by atoms with E-state index in [0.29, 0.717) is 18.7 Å². The molecule has 0 unspecified atom stereocenters. The second-order valence-electron chi connectivity index (χ2n) is 3.66. The second-order valence-corrected chi connectivity index (χ2v) is 3.66. The molecule has 100 valence electrons. The molecule has 1 aromatic rings. The first-order valence-electron chi connectivity index (χ1n) is 5.24. The van der Waals surface area contributed by atoms with Crippen molar-refractivity contribution in [2.45, 2.75) is 13.3 Å². The molecule has 0 aliphatic heterocycles. The van der Waals surface area contributed by atoms with Gasteiger partial charge in [-0.25, -0.2) is 0 Å². The van der Waals surface area contributed by atoms with E-state index in [2.05, 4.69) is 10.6 Å². The van der Waals surface area contributed by atoms with Crippen molar-refractivity contribution >= 4 is 29.7 Å². The SMILES string of the molecule is CNCCC(=O)Nc1cc([N+](=O)[O-])ccc1C.Cl. The first kappa shape index (κ1) is 16.3. The standard InChI is InChI=1S/C11H15N3O3.ClH/c1-8-3-4-9(14(16)17)7-10(8)13-11(15)5-6-12-2;/h3-4,7,12H,5-6H2,1-2H3,(H,13,15);1H. The van der Waals surface area contributed by atoms with E-state index in [1.54, 1.807) is 20.0 Å². The lowest BCUT2D eigenvalue weighted by atomic mass is 10.2. The van der Waals surface area contributed by atoms with Crippen LogP contribution in [0.5, 0.6) is 0 Å². The summed E-state index contributed by atoms with van der Waals surface area (Å²) in [5.74, 6) is -0.164. The molecule has 0 aliphatic rings. The first-order valence-corrected chi connectivity index (χ1v) is 5.24. The van der Waals surface area contributed by atoms with Crippen LogP contribution < -0.4 is 10.6 Å². The zero-order chi connectivity index (χ0) is 12.8. The average molecular weight is 274 g/mol. The summed E-state index contributed by atoms with van der Waals surface area (Å²) < 4.78 is 0. The topological polar surface area (TPSA) is 84.3 Å². The normalized spacial score (nSPS) is 9.44. The maximum Gasteiger partial charge on any atom is 0.271 e. The Bertz CT molecular complexity index is 438. The Hall–Kier alpha value is -1.66. The van der Waals surface area contributed by atoms with Crippen LogP contribution in [0.25, 0.3) is 0 Å². The van der Waals surface area contributed by atoms with Gasteiger partial charge in [0.1, 0.15) is 0 Å². The zero-order valence-electron chi connectivity index (χ0n) is 10.2. The van der Waals surface area contributed by atoms with Crippen LogP contribution >= 0.6 is 12.4 Å². The third kappa shape index (κ3) is 4.68. The number of aryl methyl sites for hydroxylation is 1. The molecule has 2 N–H and O–H groups in total. The van der Waals surface area contributed by atoms with Gasteiger partial charge in [0, 0.05) is 25.1 Å². The number of rotatable bonds is 5. The summed E-state index contributed by atoms with van der Waals surface area (Å²) in [5.41, 5.74) is 1.26. The molecule has 0 radical (unpaired) electrons. The van der Waals surface area contributed by atoms with E-state index in [1.807, 2.05) is 0 Å². The van der Waals surface area contributed by atoms with Gasteiger partial charge in [-0.3, -0.25) is 14.9 Å². The van der Waals surface area contributed by atoms with Gasteiger partial charge in [0.2, 0.25) is 5.91 Å². The third-order valence-electron chi connectivity index (χ3n) is 2.31. The predicted molar refractivity (Wildman–Crippen MR) is 72.3 cm³/mol. The fourth-order valence-electron chi connectivity index (χ4n) is 1.31. The molecule has 0 aromatic heterocycles. The van der Waals surface area contributed by atoms with Crippen LogP contribution in [0, 0.1) is 17.0 Å². The molecular weight excluding hydrogens is 258 g/mol. The van der Waals surface area contributed by atoms with Gasteiger partial charge in [-0.15, -0.1) is 12.4 Å². The maximum atomic E-state index is 11.5. The number of halogens is 1. The minimum Gasteiger partial charge on any atom is -0.326 e. The molecule has 0 bridgehead atoms. The number of nitro benzene ring substituents is 1. The van der Waals surface area contributed by atoms with Crippen LogP contribution in [0.1, 0.15) is 12.0 Å². The van der Waals surface area contributed by atoms with Crippen molar-refractivity contribution in [3.63, 3.8) is 0 Å². The lowest BCUT2D eigenvalue weighted by Crippen LogP contribution is -2.19. The average Bonchev–Trinajstić information content (AvgIpc) is 2.29. The fourth-order valence-corrected chi connectivity index (χ4v) is 1.31. The summed E-state index contributed by atoms with van der Waals surface area (Å²) in [5, 5.41) is 16.1. The number of hydrogen-bond donors (Lipinski definition) is 2. The summed E-state index contributed by atoms with van der Waals surface area (Å²) >= 11 is 0. The molecule has 1 amide bonds. The Labute approximate surface area is 111 Å². The number of non-ortho nitro benzene ring substituents is 1. The molecule has 0 aliphatic carbocycles. The predicted octanol–water partition coefficient (Wildman–Crippen LogP) is 1.87. The van der Waals surface area contributed by atoms with Gasteiger partial charge in [-0.2, -0.15) is 0 Å². The van der Waals surface area contributed by atoms with Gasteiger partial charge in [0.25, 0.3) is 5.69 Å². The lowest BCUT2D eigenvalue weighted by Gasteiger charge is -2.07. The van der Waals surface area contributed by atoms with E-state index in [9.17, 15) is 14.9 Å². The van der Waals surface area contributed by atoms with Crippen LogP contribution in [0.2, 0.25) is 0 Å². The molecule has 0 spiro atoms. The Morgan fingerprint density at radius 3 is 2.67 bits per heavy atom. The van der Waals surface area contributed by atoms with Crippen LogP contribution in [0.15, 0.2) is 18.2 Å². The highest BCUT2D eigenvalue weighted by atomic mass is 35.5. The molecule has 18 heavy (non-hydrogen) atoms. The van der Waals surface area contributed by atoms with Crippen LogP contribution in [0.4, 0.5) is 11.4 Å². The molecule has 0 heterocycles. The minimum absolute atomic E-state index is 0. The van der Waals surface area contributed by atoms with Gasteiger partial charge < -0.3 is 10.6 Å². The number of anilines is 1. The van der Waals surface area contributed by atoms with Crippen LogP contribution in [-0.4, -0.2) is 24.4 Å². The quantitative estimate of drug-likeness (QED) is 0.634. The van der Waals surface area contributed by atoms with Crippen molar-refractivity contribution < 1.29 is 9.72 Å². The van der Waals surface area contributed by atoms with Crippen molar-refractivity contribution in [3.8, 4) is 0 Å². The summed E-state index contributed by atoms with van der Waals surface area (Å²) in [4.78, 5) is 21.6. The van der Waals surface area contributed by atoms with Crippen molar-refractivity contribution in [1.29, 1.82) is 0 Å². The summed E-state index contributed by atoms with van der Waals surface area (Å²) in [6.07, 6.45) is 0.332. The molecule has 1 rings (SSSR count). The zero-order valence-corrected chi connectivity index (χ0v) is 11.0. The highest BCUT2D eigenvalue weighted by molar-refractivity contribution is 5.92. The highest BCUT2D eigenvalue weighted by Gasteiger charge is 2.10. The second kappa shape index (κ2) is 7.62.